The van der Waals surface area contributed by atoms with Gasteiger partial charge >= 0.3 is 0 Å². The van der Waals surface area contributed by atoms with Crippen molar-refractivity contribution in [3.05, 3.63) is 182 Å². The highest BCUT2D eigenvalue weighted by Crippen LogP contribution is 2.55. The maximum atomic E-state index is 6.84. The first kappa shape index (κ1) is 29.9. The molecule has 0 spiro atoms. The van der Waals surface area contributed by atoms with Crippen LogP contribution in [-0.2, 0) is 0 Å². The number of nitrogens with zero attached hydrogens (tertiary/aromatic N) is 2. The number of fused-ring (bicyclic) bond motifs is 7. The maximum absolute atomic E-state index is 6.84. The van der Waals surface area contributed by atoms with E-state index in [-0.39, 0.29) is 0 Å². The van der Waals surface area contributed by atoms with Crippen LogP contribution in [0.15, 0.2) is 192 Å². The molecule has 0 saturated heterocycles. The van der Waals surface area contributed by atoms with Crippen molar-refractivity contribution in [2.45, 2.75) is 9.79 Å². The summed E-state index contributed by atoms with van der Waals surface area (Å²) in [6, 6.07) is 64.6. The number of rotatable bonds is 6. The van der Waals surface area contributed by atoms with E-state index >= 15 is 0 Å². The van der Waals surface area contributed by atoms with Crippen molar-refractivity contribution in [2.75, 3.05) is 9.80 Å². The van der Waals surface area contributed by atoms with Crippen molar-refractivity contribution in [2.24, 2.45) is 0 Å². The van der Waals surface area contributed by atoms with E-state index in [1.165, 1.54) is 31.2 Å². The van der Waals surface area contributed by atoms with Crippen molar-refractivity contribution in [1.29, 1.82) is 0 Å². The summed E-state index contributed by atoms with van der Waals surface area (Å²) in [5, 5.41) is 4.91. The molecule has 51 heavy (non-hydrogen) atoms. The normalized spacial score (nSPS) is 12.0. The first-order chi connectivity index (χ1) is 25.3. The molecule has 0 fully saturated rings. The van der Waals surface area contributed by atoms with Crippen LogP contribution in [0.1, 0.15) is 0 Å². The Morgan fingerprint density at radius 2 is 0.961 bits per heavy atom. The number of para-hydroxylation sites is 3. The summed E-state index contributed by atoms with van der Waals surface area (Å²) in [4.78, 5) is 6.91. The molecule has 3 nitrogen and oxygen atoms in total. The van der Waals surface area contributed by atoms with Gasteiger partial charge in [-0.3, -0.25) is 0 Å². The van der Waals surface area contributed by atoms with Crippen molar-refractivity contribution in [3.8, 4) is 11.5 Å². The third kappa shape index (κ3) is 5.13. The average molecular weight is 691 g/mol. The predicted octanol–water partition coefficient (Wildman–Crippen LogP) is 14.4. The average Bonchev–Trinajstić information content (AvgIpc) is 3.58. The quantitative estimate of drug-likeness (QED) is 0.172. The van der Waals surface area contributed by atoms with Crippen molar-refractivity contribution in [3.63, 3.8) is 0 Å². The van der Waals surface area contributed by atoms with Gasteiger partial charge in [0.05, 0.1) is 25.9 Å². The van der Waals surface area contributed by atoms with Crippen LogP contribution in [-0.4, -0.2) is 0 Å². The lowest BCUT2D eigenvalue weighted by atomic mass is 10.1. The van der Waals surface area contributed by atoms with Gasteiger partial charge in [-0.15, -0.1) is 11.3 Å². The topological polar surface area (TPSA) is 15.7 Å². The van der Waals surface area contributed by atoms with Gasteiger partial charge < -0.3 is 14.5 Å². The third-order valence-electron chi connectivity index (χ3n) is 9.47. The van der Waals surface area contributed by atoms with Gasteiger partial charge in [0.15, 0.2) is 0 Å². The minimum Gasteiger partial charge on any atom is -0.455 e. The Morgan fingerprint density at radius 3 is 1.65 bits per heavy atom. The van der Waals surface area contributed by atoms with Gasteiger partial charge in [0, 0.05) is 55.1 Å². The second-order valence-corrected chi connectivity index (χ2v) is 14.6. The molecule has 1 aromatic heterocycles. The number of anilines is 6. The number of benzene rings is 8. The molecule has 0 amide bonds. The second kappa shape index (κ2) is 12.4. The highest BCUT2D eigenvalue weighted by Gasteiger charge is 2.27. The standard InChI is InChI=1S/C46H30N2OS2/c1-4-15-31(16-5-1)47(32-17-6-2-7-18-32)40-30-42-46(37-23-11-10-21-35(37)40)51-44-29-34(27-28-41(44)49-42)48(33-19-8-3-9-20-33)39-25-14-24-38-36-22-12-13-26-43(36)50-45(38)39/h1-30H. The van der Waals surface area contributed by atoms with E-state index in [1.807, 2.05) is 11.3 Å². The molecule has 0 unspecified atom stereocenters. The lowest BCUT2D eigenvalue weighted by Gasteiger charge is -2.30. The van der Waals surface area contributed by atoms with Gasteiger partial charge in [-0.05, 0) is 66.7 Å². The number of thiophene rings is 1. The lowest BCUT2D eigenvalue weighted by molar-refractivity contribution is 0.456. The molecule has 2 heterocycles. The Bertz CT molecular complexity index is 2670. The molecule has 0 saturated carbocycles. The van der Waals surface area contributed by atoms with Crippen molar-refractivity contribution < 1.29 is 4.74 Å². The Hall–Kier alpha value is -6.01. The van der Waals surface area contributed by atoms with Crippen LogP contribution in [0.25, 0.3) is 30.9 Å². The van der Waals surface area contributed by atoms with E-state index in [1.54, 1.807) is 11.8 Å². The molecular formula is C46H30N2OS2. The molecule has 1 aliphatic heterocycles. The Labute approximate surface area is 304 Å². The molecule has 8 aromatic carbocycles. The zero-order valence-electron chi connectivity index (χ0n) is 27.4. The summed E-state index contributed by atoms with van der Waals surface area (Å²) in [5.74, 6) is 1.72. The first-order valence-electron chi connectivity index (χ1n) is 17.0. The molecule has 0 radical (unpaired) electrons. The fourth-order valence-corrected chi connectivity index (χ4v) is 9.50. The van der Waals surface area contributed by atoms with Gasteiger partial charge in [0.25, 0.3) is 0 Å². The van der Waals surface area contributed by atoms with E-state index in [2.05, 4.69) is 192 Å². The number of ether oxygens (including phenoxy) is 1. The predicted molar refractivity (Wildman–Crippen MR) is 217 cm³/mol. The smallest absolute Gasteiger partial charge is 0.144 e. The molecule has 0 bridgehead atoms. The fraction of sp³-hybridized carbons (Fsp3) is 0. The fourth-order valence-electron chi connectivity index (χ4n) is 7.19. The van der Waals surface area contributed by atoms with Crippen LogP contribution in [0, 0.1) is 0 Å². The summed E-state index contributed by atoms with van der Waals surface area (Å²) in [6.07, 6.45) is 0. The second-order valence-electron chi connectivity index (χ2n) is 12.5. The Balaban J connectivity index is 1.11. The van der Waals surface area contributed by atoms with E-state index in [0.29, 0.717) is 0 Å². The van der Waals surface area contributed by atoms with E-state index in [0.717, 1.165) is 55.1 Å². The van der Waals surface area contributed by atoms with E-state index < -0.39 is 0 Å². The molecule has 10 rings (SSSR count). The van der Waals surface area contributed by atoms with Crippen LogP contribution >= 0.6 is 23.1 Å². The minimum atomic E-state index is 0.858. The zero-order chi connectivity index (χ0) is 33.7. The Kier molecular flexibility index (Phi) is 7.26. The monoisotopic (exact) mass is 690 g/mol. The first-order valence-corrected chi connectivity index (χ1v) is 18.6. The summed E-state index contributed by atoms with van der Waals surface area (Å²) in [5.41, 5.74) is 6.63. The highest BCUT2D eigenvalue weighted by atomic mass is 32.2. The molecule has 5 heteroatoms. The molecule has 0 atom stereocenters. The molecule has 242 valence electrons. The zero-order valence-corrected chi connectivity index (χ0v) is 29.1. The summed E-state index contributed by atoms with van der Waals surface area (Å²) < 4.78 is 9.41. The van der Waals surface area contributed by atoms with E-state index in [9.17, 15) is 0 Å². The van der Waals surface area contributed by atoms with Crippen LogP contribution in [0.3, 0.4) is 0 Å². The summed E-state index contributed by atoms with van der Waals surface area (Å²) >= 11 is 3.64. The SMILES string of the molecule is c1ccc(N(c2ccccc2)c2cc3c(c4ccccc24)Sc2cc(N(c4ccccc4)c4cccc5c4sc4ccccc45)ccc2O3)cc1. The molecule has 1 aliphatic rings. The van der Waals surface area contributed by atoms with Crippen LogP contribution < -0.4 is 14.5 Å². The Morgan fingerprint density at radius 1 is 0.392 bits per heavy atom. The van der Waals surface area contributed by atoms with E-state index in [4.69, 9.17) is 4.74 Å². The van der Waals surface area contributed by atoms with Crippen LogP contribution in [0.4, 0.5) is 34.1 Å². The number of hydrogen-bond donors (Lipinski definition) is 0. The van der Waals surface area contributed by atoms with Crippen LogP contribution in [0.2, 0.25) is 0 Å². The van der Waals surface area contributed by atoms with Gasteiger partial charge in [-0.2, -0.15) is 0 Å². The summed E-state index contributed by atoms with van der Waals surface area (Å²) in [7, 11) is 0. The summed E-state index contributed by atoms with van der Waals surface area (Å²) in [6.45, 7) is 0. The molecule has 0 N–H and O–H groups in total. The molecular weight excluding hydrogens is 661 g/mol. The molecule has 9 aromatic rings. The van der Waals surface area contributed by atoms with Crippen molar-refractivity contribution in [1.82, 2.24) is 0 Å². The number of hydrogen-bond acceptors (Lipinski definition) is 5. The maximum Gasteiger partial charge on any atom is 0.144 e. The van der Waals surface area contributed by atoms with Gasteiger partial charge in [0.2, 0.25) is 0 Å². The lowest BCUT2D eigenvalue weighted by Crippen LogP contribution is -2.12. The van der Waals surface area contributed by atoms with Gasteiger partial charge in [0.1, 0.15) is 11.5 Å². The van der Waals surface area contributed by atoms with Gasteiger partial charge in [-0.1, -0.05) is 121 Å². The minimum absolute atomic E-state index is 0.858. The molecule has 0 aliphatic carbocycles. The van der Waals surface area contributed by atoms with Crippen LogP contribution in [0.5, 0.6) is 11.5 Å². The third-order valence-corrected chi connectivity index (χ3v) is 11.8. The largest absolute Gasteiger partial charge is 0.455 e. The van der Waals surface area contributed by atoms with Crippen molar-refractivity contribution >= 4 is 88.2 Å². The van der Waals surface area contributed by atoms with Gasteiger partial charge in [-0.25, -0.2) is 0 Å². The highest BCUT2D eigenvalue weighted by molar-refractivity contribution is 7.99.